The number of halogens is 1. The van der Waals surface area contributed by atoms with E-state index in [0.29, 0.717) is 6.04 Å². The molecule has 2 heterocycles. The summed E-state index contributed by atoms with van der Waals surface area (Å²) in [6.45, 7) is 8.50. The average molecular weight is 311 g/mol. The number of pyridine rings is 1. The Labute approximate surface area is 133 Å². The molecule has 2 rings (SSSR count). The van der Waals surface area contributed by atoms with Crippen molar-refractivity contribution in [2.75, 3.05) is 38.6 Å². The summed E-state index contributed by atoms with van der Waals surface area (Å²) < 4.78 is 0. The average Bonchev–Trinajstić information content (AvgIpc) is 2.83. The van der Waals surface area contributed by atoms with Crippen LogP contribution < -0.4 is 10.2 Å². The molecule has 4 nitrogen and oxygen atoms in total. The van der Waals surface area contributed by atoms with E-state index in [9.17, 15) is 0 Å². The van der Waals surface area contributed by atoms with Gasteiger partial charge in [0, 0.05) is 38.9 Å². The highest BCUT2D eigenvalue weighted by molar-refractivity contribution is 6.31. The Hall–Kier alpha value is -0.840. The van der Waals surface area contributed by atoms with Crippen LogP contribution in [0.5, 0.6) is 0 Å². The summed E-state index contributed by atoms with van der Waals surface area (Å²) in [6.07, 6.45) is 3.04. The Morgan fingerprint density at radius 2 is 2.29 bits per heavy atom. The number of likely N-dealkylation sites (tertiary alicyclic amines) is 1. The summed E-state index contributed by atoms with van der Waals surface area (Å²) in [6, 6.07) is 2.56. The molecule has 0 saturated carbocycles. The van der Waals surface area contributed by atoms with Gasteiger partial charge in [0.15, 0.2) is 0 Å². The van der Waals surface area contributed by atoms with Gasteiger partial charge in [-0.1, -0.05) is 25.4 Å². The van der Waals surface area contributed by atoms with Crippen molar-refractivity contribution >= 4 is 17.4 Å². The van der Waals surface area contributed by atoms with Crippen LogP contribution >= 0.6 is 11.6 Å². The molecule has 118 valence electrons. The SMILES string of the molecule is CC(C)NCc1cc(N(C)CC2CCN(C)C2)ncc1Cl. The zero-order chi connectivity index (χ0) is 15.4. The number of aromatic nitrogens is 1. The van der Waals surface area contributed by atoms with Crippen molar-refractivity contribution in [3.63, 3.8) is 0 Å². The lowest BCUT2D eigenvalue weighted by molar-refractivity contribution is 0.395. The number of nitrogens with one attached hydrogen (secondary N) is 1. The molecule has 0 aliphatic carbocycles. The van der Waals surface area contributed by atoms with Crippen LogP contribution in [-0.2, 0) is 6.54 Å². The quantitative estimate of drug-likeness (QED) is 0.875. The Kier molecular flexibility index (Phi) is 5.85. The highest BCUT2D eigenvalue weighted by Crippen LogP contribution is 2.22. The fourth-order valence-corrected chi connectivity index (χ4v) is 2.95. The number of hydrogen-bond acceptors (Lipinski definition) is 4. The molecule has 0 radical (unpaired) electrons. The number of anilines is 1. The summed E-state index contributed by atoms with van der Waals surface area (Å²) in [5.74, 6) is 1.74. The third-order valence-electron chi connectivity index (χ3n) is 4.03. The van der Waals surface area contributed by atoms with Crippen LogP contribution in [-0.4, -0.2) is 49.7 Å². The maximum Gasteiger partial charge on any atom is 0.128 e. The predicted molar refractivity (Wildman–Crippen MR) is 90.1 cm³/mol. The molecule has 1 aromatic heterocycles. The first-order valence-electron chi connectivity index (χ1n) is 7.73. The van der Waals surface area contributed by atoms with Gasteiger partial charge in [-0.2, -0.15) is 0 Å². The van der Waals surface area contributed by atoms with Crippen LogP contribution in [0.25, 0.3) is 0 Å². The zero-order valence-corrected chi connectivity index (χ0v) is 14.3. The lowest BCUT2D eigenvalue weighted by Gasteiger charge is -2.23. The molecule has 0 amide bonds. The van der Waals surface area contributed by atoms with E-state index in [2.05, 4.69) is 54.1 Å². The minimum absolute atomic E-state index is 0.449. The number of hydrogen-bond donors (Lipinski definition) is 1. The van der Waals surface area contributed by atoms with E-state index in [1.165, 1.54) is 19.5 Å². The van der Waals surface area contributed by atoms with Gasteiger partial charge in [0.25, 0.3) is 0 Å². The third-order valence-corrected chi connectivity index (χ3v) is 4.37. The van der Waals surface area contributed by atoms with E-state index < -0.39 is 0 Å². The second-order valence-electron chi connectivity index (χ2n) is 6.47. The van der Waals surface area contributed by atoms with Crippen molar-refractivity contribution in [2.24, 2.45) is 5.92 Å². The van der Waals surface area contributed by atoms with Crippen molar-refractivity contribution < 1.29 is 0 Å². The highest BCUT2D eigenvalue weighted by Gasteiger charge is 2.21. The Morgan fingerprint density at radius 1 is 1.52 bits per heavy atom. The monoisotopic (exact) mass is 310 g/mol. The van der Waals surface area contributed by atoms with Crippen LogP contribution in [0.2, 0.25) is 5.02 Å². The molecule has 1 saturated heterocycles. The molecule has 1 fully saturated rings. The zero-order valence-electron chi connectivity index (χ0n) is 13.6. The van der Waals surface area contributed by atoms with E-state index in [1.807, 2.05) is 0 Å². The van der Waals surface area contributed by atoms with Gasteiger partial charge in [-0.05, 0) is 37.6 Å². The fraction of sp³-hybridized carbons (Fsp3) is 0.688. The van der Waals surface area contributed by atoms with E-state index in [-0.39, 0.29) is 0 Å². The molecule has 1 unspecified atom stereocenters. The van der Waals surface area contributed by atoms with E-state index in [4.69, 9.17) is 11.6 Å². The largest absolute Gasteiger partial charge is 0.359 e. The highest BCUT2D eigenvalue weighted by atomic mass is 35.5. The van der Waals surface area contributed by atoms with Crippen molar-refractivity contribution in [2.45, 2.75) is 32.9 Å². The number of rotatable bonds is 6. The Morgan fingerprint density at radius 3 is 2.90 bits per heavy atom. The topological polar surface area (TPSA) is 31.4 Å². The molecule has 1 aliphatic heterocycles. The fourth-order valence-electron chi connectivity index (χ4n) is 2.78. The molecule has 1 N–H and O–H groups in total. The van der Waals surface area contributed by atoms with Crippen LogP contribution in [0.1, 0.15) is 25.8 Å². The second-order valence-corrected chi connectivity index (χ2v) is 6.87. The van der Waals surface area contributed by atoms with Crippen molar-refractivity contribution in [3.05, 3.63) is 22.8 Å². The molecule has 0 spiro atoms. The van der Waals surface area contributed by atoms with Gasteiger partial charge in [0.1, 0.15) is 5.82 Å². The first-order valence-corrected chi connectivity index (χ1v) is 8.11. The van der Waals surface area contributed by atoms with Crippen LogP contribution in [0.4, 0.5) is 5.82 Å². The second kappa shape index (κ2) is 7.43. The van der Waals surface area contributed by atoms with Gasteiger partial charge in [-0.15, -0.1) is 0 Å². The van der Waals surface area contributed by atoms with Gasteiger partial charge < -0.3 is 15.1 Å². The first-order chi connectivity index (χ1) is 9.95. The predicted octanol–water partition coefficient (Wildman–Crippen LogP) is 2.62. The summed E-state index contributed by atoms with van der Waals surface area (Å²) in [5.41, 5.74) is 1.12. The van der Waals surface area contributed by atoms with Crippen molar-refractivity contribution in [1.82, 2.24) is 15.2 Å². The minimum atomic E-state index is 0.449. The van der Waals surface area contributed by atoms with Crippen molar-refractivity contribution in [1.29, 1.82) is 0 Å². The van der Waals surface area contributed by atoms with E-state index in [0.717, 1.165) is 35.4 Å². The maximum absolute atomic E-state index is 6.25. The lowest BCUT2D eigenvalue weighted by atomic mass is 10.1. The molecule has 1 atom stereocenters. The van der Waals surface area contributed by atoms with Gasteiger partial charge >= 0.3 is 0 Å². The van der Waals surface area contributed by atoms with Crippen LogP contribution in [0.3, 0.4) is 0 Å². The standard InChI is InChI=1S/C16H27ClN4/c1-12(2)18-8-14-7-16(19-9-15(14)17)21(4)11-13-5-6-20(3)10-13/h7,9,12-13,18H,5-6,8,10-11H2,1-4H3. The van der Waals surface area contributed by atoms with Gasteiger partial charge in [0.2, 0.25) is 0 Å². The van der Waals surface area contributed by atoms with Crippen LogP contribution in [0, 0.1) is 5.92 Å². The molecule has 5 heteroatoms. The van der Waals surface area contributed by atoms with E-state index in [1.54, 1.807) is 6.20 Å². The smallest absolute Gasteiger partial charge is 0.128 e. The van der Waals surface area contributed by atoms with Gasteiger partial charge in [0.05, 0.1) is 5.02 Å². The summed E-state index contributed by atoms with van der Waals surface area (Å²) >= 11 is 6.25. The van der Waals surface area contributed by atoms with Gasteiger partial charge in [-0.3, -0.25) is 0 Å². The molecule has 1 aromatic rings. The maximum atomic E-state index is 6.25. The molecule has 0 aromatic carbocycles. The molecule has 0 bridgehead atoms. The number of nitrogens with zero attached hydrogens (tertiary/aromatic N) is 3. The normalized spacial score (nSPS) is 19.4. The summed E-state index contributed by atoms with van der Waals surface area (Å²) in [4.78, 5) is 9.12. The Bertz CT molecular complexity index is 464. The van der Waals surface area contributed by atoms with Gasteiger partial charge in [-0.25, -0.2) is 4.98 Å². The molecular weight excluding hydrogens is 284 g/mol. The summed E-state index contributed by atoms with van der Waals surface area (Å²) in [5, 5.41) is 4.15. The Balaban J connectivity index is 1.99. The lowest BCUT2D eigenvalue weighted by Crippen LogP contribution is -2.28. The summed E-state index contributed by atoms with van der Waals surface area (Å²) in [7, 11) is 4.31. The minimum Gasteiger partial charge on any atom is -0.359 e. The van der Waals surface area contributed by atoms with E-state index >= 15 is 0 Å². The van der Waals surface area contributed by atoms with Crippen LogP contribution in [0.15, 0.2) is 12.3 Å². The molecule has 21 heavy (non-hydrogen) atoms. The van der Waals surface area contributed by atoms with Crippen molar-refractivity contribution in [3.8, 4) is 0 Å². The molecule has 1 aliphatic rings. The molecular formula is C16H27ClN4. The first kappa shape index (κ1) is 16.5. The third kappa shape index (κ3) is 4.83.